The van der Waals surface area contributed by atoms with Crippen molar-refractivity contribution >= 4 is 29.2 Å². The van der Waals surface area contributed by atoms with Crippen molar-refractivity contribution in [1.29, 1.82) is 0 Å². The van der Waals surface area contributed by atoms with Crippen LogP contribution in [0, 0.1) is 5.92 Å². The third-order valence-corrected chi connectivity index (χ3v) is 7.53. The number of methoxy groups -OCH3 is 2. The maximum atomic E-state index is 12.8. The molecule has 2 aliphatic heterocycles. The van der Waals surface area contributed by atoms with E-state index in [-0.39, 0.29) is 17.9 Å². The number of amides is 1. The number of likely N-dealkylation sites (tertiary alicyclic amines) is 2. The van der Waals surface area contributed by atoms with E-state index in [0.29, 0.717) is 34.4 Å². The van der Waals surface area contributed by atoms with Crippen LogP contribution in [-0.4, -0.2) is 87.2 Å². The molecule has 1 aromatic rings. The van der Waals surface area contributed by atoms with Crippen molar-refractivity contribution in [2.24, 2.45) is 11.7 Å². The molecule has 196 valence electrons. The molecule has 1 atom stereocenters. The van der Waals surface area contributed by atoms with Crippen LogP contribution in [0.25, 0.3) is 0 Å². The minimum Gasteiger partial charge on any atom is -0.496 e. The van der Waals surface area contributed by atoms with Crippen LogP contribution >= 0.6 is 11.6 Å². The van der Waals surface area contributed by atoms with Gasteiger partial charge in [-0.25, -0.2) is 0 Å². The molecule has 3 rings (SSSR count). The van der Waals surface area contributed by atoms with Gasteiger partial charge in [0, 0.05) is 31.7 Å². The van der Waals surface area contributed by atoms with Crippen molar-refractivity contribution < 1.29 is 19.1 Å². The SMILES string of the molecule is COC(=O)C(N)CCCN1CCC(CN2CCC(NC(=O)c3cc(Cl)c(N)cc3OC)CC2)CC1. The van der Waals surface area contributed by atoms with Crippen LogP contribution in [0.5, 0.6) is 5.75 Å². The summed E-state index contributed by atoms with van der Waals surface area (Å²) in [6.45, 7) is 6.25. The van der Waals surface area contributed by atoms with Gasteiger partial charge in [-0.2, -0.15) is 0 Å². The highest BCUT2D eigenvalue weighted by Gasteiger charge is 2.26. The number of esters is 1. The first kappa shape index (κ1) is 27.5. The molecule has 10 heteroatoms. The predicted molar refractivity (Wildman–Crippen MR) is 138 cm³/mol. The number of halogens is 1. The van der Waals surface area contributed by atoms with Gasteiger partial charge in [-0.05, 0) is 70.1 Å². The Morgan fingerprint density at radius 1 is 1.11 bits per heavy atom. The molecule has 1 aromatic carbocycles. The molecular formula is C25H40ClN5O4. The Labute approximate surface area is 213 Å². The molecule has 0 saturated carbocycles. The molecular weight excluding hydrogens is 470 g/mol. The lowest BCUT2D eigenvalue weighted by Gasteiger charge is -2.38. The summed E-state index contributed by atoms with van der Waals surface area (Å²) in [6, 6.07) is 2.78. The quantitative estimate of drug-likeness (QED) is 0.324. The van der Waals surface area contributed by atoms with Gasteiger partial charge in [0.15, 0.2) is 0 Å². The Morgan fingerprint density at radius 2 is 1.77 bits per heavy atom. The number of nitrogens with one attached hydrogen (secondary N) is 1. The van der Waals surface area contributed by atoms with E-state index >= 15 is 0 Å². The fraction of sp³-hybridized carbons (Fsp3) is 0.680. The predicted octanol–water partition coefficient (Wildman–Crippen LogP) is 2.12. The number of nitrogens with zero attached hydrogens (tertiary/aromatic N) is 2. The molecule has 1 unspecified atom stereocenters. The standard InChI is InChI=1S/C25H40ClN5O4/c1-34-23-15-22(28)20(26)14-19(23)24(32)29-18-7-12-31(13-8-18)16-17-5-10-30(11-6-17)9-3-4-21(27)25(33)35-2/h14-15,17-18,21H,3-13,16,27-28H2,1-2H3,(H,29,32). The van der Waals surface area contributed by atoms with Gasteiger partial charge in [0.25, 0.3) is 5.91 Å². The van der Waals surface area contributed by atoms with E-state index in [0.717, 1.165) is 58.5 Å². The number of piperidine rings is 2. The van der Waals surface area contributed by atoms with Gasteiger partial charge in [0.2, 0.25) is 0 Å². The van der Waals surface area contributed by atoms with E-state index in [1.54, 1.807) is 12.1 Å². The normalized spacial score (nSPS) is 19.3. The van der Waals surface area contributed by atoms with Gasteiger partial charge in [0.05, 0.1) is 30.5 Å². The fourth-order valence-corrected chi connectivity index (χ4v) is 5.16. The van der Waals surface area contributed by atoms with Crippen LogP contribution in [-0.2, 0) is 9.53 Å². The minimum atomic E-state index is -0.517. The van der Waals surface area contributed by atoms with Crippen molar-refractivity contribution in [1.82, 2.24) is 15.1 Å². The summed E-state index contributed by atoms with van der Waals surface area (Å²) in [4.78, 5) is 29.2. The van der Waals surface area contributed by atoms with Crippen LogP contribution in [0.15, 0.2) is 12.1 Å². The number of carbonyl (C=O) groups excluding carboxylic acids is 2. The monoisotopic (exact) mass is 509 g/mol. The first-order valence-electron chi connectivity index (χ1n) is 12.5. The van der Waals surface area contributed by atoms with Gasteiger partial charge in [-0.1, -0.05) is 11.6 Å². The number of hydrogen-bond acceptors (Lipinski definition) is 8. The van der Waals surface area contributed by atoms with Crippen molar-refractivity contribution in [2.75, 3.05) is 59.2 Å². The van der Waals surface area contributed by atoms with Gasteiger partial charge < -0.3 is 36.1 Å². The molecule has 0 radical (unpaired) electrons. The second kappa shape index (κ2) is 13.3. The van der Waals surface area contributed by atoms with Crippen LogP contribution in [0.4, 0.5) is 5.69 Å². The minimum absolute atomic E-state index is 0.137. The Kier molecular flexibility index (Phi) is 10.5. The number of carbonyl (C=O) groups is 2. The Hall–Kier alpha value is -2.07. The van der Waals surface area contributed by atoms with Gasteiger partial charge >= 0.3 is 5.97 Å². The second-order valence-electron chi connectivity index (χ2n) is 9.68. The number of rotatable bonds is 10. The van der Waals surface area contributed by atoms with E-state index in [4.69, 9.17) is 27.8 Å². The highest BCUT2D eigenvalue weighted by molar-refractivity contribution is 6.33. The summed E-state index contributed by atoms with van der Waals surface area (Å²) in [5.74, 6) is 0.624. The summed E-state index contributed by atoms with van der Waals surface area (Å²) in [7, 11) is 2.89. The van der Waals surface area contributed by atoms with Crippen LogP contribution in [0.3, 0.4) is 0 Å². The molecule has 2 saturated heterocycles. The summed E-state index contributed by atoms with van der Waals surface area (Å²) in [6.07, 6.45) is 5.81. The molecule has 2 fully saturated rings. The average molecular weight is 510 g/mol. The Morgan fingerprint density at radius 3 is 2.40 bits per heavy atom. The van der Waals surface area contributed by atoms with Gasteiger partial charge in [0.1, 0.15) is 11.8 Å². The lowest BCUT2D eigenvalue weighted by Crippen LogP contribution is -2.47. The first-order chi connectivity index (χ1) is 16.8. The molecule has 35 heavy (non-hydrogen) atoms. The van der Waals surface area contributed by atoms with E-state index in [1.165, 1.54) is 27.1 Å². The van der Waals surface area contributed by atoms with Gasteiger partial charge in [-0.3, -0.25) is 9.59 Å². The van der Waals surface area contributed by atoms with E-state index in [9.17, 15) is 9.59 Å². The summed E-state index contributed by atoms with van der Waals surface area (Å²) in [5, 5.41) is 3.48. The largest absolute Gasteiger partial charge is 0.496 e. The number of nitrogens with two attached hydrogens (primary N) is 2. The molecule has 0 aromatic heterocycles. The third kappa shape index (κ3) is 7.96. The summed E-state index contributed by atoms with van der Waals surface area (Å²) in [5.41, 5.74) is 12.4. The zero-order valence-electron chi connectivity index (χ0n) is 20.9. The maximum absolute atomic E-state index is 12.8. The molecule has 1 amide bonds. The first-order valence-corrected chi connectivity index (χ1v) is 12.9. The number of nitrogen functional groups attached to an aromatic ring is 1. The third-order valence-electron chi connectivity index (χ3n) is 7.20. The second-order valence-corrected chi connectivity index (χ2v) is 10.1. The molecule has 0 spiro atoms. The van der Waals surface area contributed by atoms with Crippen LogP contribution in [0.1, 0.15) is 48.9 Å². The average Bonchev–Trinajstić information content (AvgIpc) is 2.86. The number of hydrogen-bond donors (Lipinski definition) is 3. The van der Waals surface area contributed by atoms with Crippen molar-refractivity contribution in [3.8, 4) is 5.75 Å². The highest BCUT2D eigenvalue weighted by atomic mass is 35.5. The van der Waals surface area contributed by atoms with Crippen LogP contribution < -0.4 is 21.5 Å². The summed E-state index contributed by atoms with van der Waals surface area (Å²) >= 11 is 6.11. The highest BCUT2D eigenvalue weighted by Crippen LogP contribution is 2.29. The molecule has 2 aliphatic rings. The molecule has 0 aliphatic carbocycles. The molecule has 9 nitrogen and oxygen atoms in total. The number of anilines is 1. The van der Waals surface area contributed by atoms with Crippen molar-refractivity contribution in [3.63, 3.8) is 0 Å². The van der Waals surface area contributed by atoms with E-state index in [2.05, 4.69) is 19.9 Å². The smallest absolute Gasteiger partial charge is 0.322 e. The molecule has 2 heterocycles. The van der Waals surface area contributed by atoms with Crippen LogP contribution in [0.2, 0.25) is 5.02 Å². The zero-order valence-corrected chi connectivity index (χ0v) is 21.7. The van der Waals surface area contributed by atoms with E-state index in [1.807, 2.05) is 0 Å². The lowest BCUT2D eigenvalue weighted by molar-refractivity contribution is -0.142. The Balaban J connectivity index is 1.34. The fourth-order valence-electron chi connectivity index (χ4n) is 5.00. The zero-order chi connectivity index (χ0) is 25.4. The van der Waals surface area contributed by atoms with E-state index < -0.39 is 6.04 Å². The number of ether oxygens (including phenoxy) is 2. The molecule has 0 bridgehead atoms. The topological polar surface area (TPSA) is 123 Å². The maximum Gasteiger partial charge on any atom is 0.322 e. The van der Waals surface area contributed by atoms with Gasteiger partial charge in [-0.15, -0.1) is 0 Å². The Bertz CT molecular complexity index is 855. The summed E-state index contributed by atoms with van der Waals surface area (Å²) < 4.78 is 10.00. The number of benzene rings is 1. The van der Waals surface area contributed by atoms with Crippen molar-refractivity contribution in [3.05, 3.63) is 22.7 Å². The molecule has 5 N–H and O–H groups in total. The lowest BCUT2D eigenvalue weighted by atomic mass is 9.94. The van der Waals surface area contributed by atoms with Crippen molar-refractivity contribution in [2.45, 2.75) is 50.6 Å².